The summed E-state index contributed by atoms with van der Waals surface area (Å²) in [5.74, 6) is 0.631. The zero-order valence-corrected chi connectivity index (χ0v) is 10.1. The minimum Gasteiger partial charge on any atom is -0.381 e. The smallest absolute Gasteiger partial charge is 0.0699 e. The van der Waals surface area contributed by atoms with Crippen molar-refractivity contribution in [1.29, 1.82) is 0 Å². The normalized spacial score (nSPS) is 23.2. The van der Waals surface area contributed by atoms with Crippen molar-refractivity contribution >= 4 is 0 Å². The largest absolute Gasteiger partial charge is 0.381 e. The number of nitrogens with one attached hydrogen (secondary N) is 1. The van der Waals surface area contributed by atoms with E-state index in [1.807, 2.05) is 0 Å². The Morgan fingerprint density at radius 3 is 2.93 bits per heavy atom. The molecule has 1 aliphatic rings. The van der Waals surface area contributed by atoms with Crippen LogP contribution in [0.25, 0.3) is 0 Å². The van der Waals surface area contributed by atoms with Crippen LogP contribution in [-0.2, 0) is 9.47 Å². The van der Waals surface area contributed by atoms with Crippen molar-refractivity contribution in [3.05, 3.63) is 0 Å². The molecule has 3 nitrogen and oxygen atoms in total. The van der Waals surface area contributed by atoms with Crippen LogP contribution in [0.3, 0.4) is 0 Å². The fourth-order valence-corrected chi connectivity index (χ4v) is 1.86. The van der Waals surface area contributed by atoms with Crippen LogP contribution < -0.4 is 5.32 Å². The topological polar surface area (TPSA) is 30.5 Å². The highest BCUT2D eigenvalue weighted by atomic mass is 16.5. The van der Waals surface area contributed by atoms with E-state index in [9.17, 15) is 0 Å². The van der Waals surface area contributed by atoms with E-state index < -0.39 is 0 Å². The standard InChI is InChI=1S/C12H25NO2/c1-3-5-12(8-13-4-2)15-10-11-6-7-14-9-11/h11-13H,3-10H2,1-2H3. The second kappa shape index (κ2) is 8.08. The molecule has 0 aromatic carbocycles. The van der Waals surface area contributed by atoms with Crippen LogP contribution in [0.15, 0.2) is 0 Å². The van der Waals surface area contributed by atoms with Gasteiger partial charge in [0.15, 0.2) is 0 Å². The Morgan fingerprint density at radius 2 is 2.33 bits per heavy atom. The van der Waals surface area contributed by atoms with Crippen molar-refractivity contribution in [3.63, 3.8) is 0 Å². The Kier molecular flexibility index (Phi) is 6.98. The van der Waals surface area contributed by atoms with Gasteiger partial charge in [-0.2, -0.15) is 0 Å². The number of ether oxygens (including phenoxy) is 2. The molecular formula is C12H25NO2. The van der Waals surface area contributed by atoms with Crippen molar-refractivity contribution < 1.29 is 9.47 Å². The summed E-state index contributed by atoms with van der Waals surface area (Å²) in [6, 6.07) is 0. The van der Waals surface area contributed by atoms with E-state index in [1.165, 1.54) is 12.8 Å². The molecule has 0 radical (unpaired) electrons. The Bertz CT molecular complexity index is 147. The second-order valence-electron chi connectivity index (χ2n) is 4.28. The maximum Gasteiger partial charge on any atom is 0.0699 e. The third kappa shape index (κ3) is 5.50. The van der Waals surface area contributed by atoms with Crippen molar-refractivity contribution in [2.45, 2.75) is 39.2 Å². The van der Waals surface area contributed by atoms with E-state index in [1.54, 1.807) is 0 Å². The summed E-state index contributed by atoms with van der Waals surface area (Å²) >= 11 is 0. The Labute approximate surface area is 93.5 Å². The van der Waals surface area contributed by atoms with Gasteiger partial charge in [-0.3, -0.25) is 0 Å². The number of likely N-dealkylation sites (N-methyl/N-ethyl adjacent to an activating group) is 1. The Balaban J connectivity index is 2.11. The molecular weight excluding hydrogens is 190 g/mol. The van der Waals surface area contributed by atoms with E-state index >= 15 is 0 Å². The predicted octanol–water partition coefficient (Wildman–Crippen LogP) is 1.82. The number of hydrogen-bond donors (Lipinski definition) is 1. The first-order valence-electron chi connectivity index (χ1n) is 6.26. The minimum atomic E-state index is 0.385. The first kappa shape index (κ1) is 12.9. The van der Waals surface area contributed by atoms with Crippen LogP contribution in [0, 0.1) is 5.92 Å². The third-order valence-corrected chi connectivity index (χ3v) is 2.82. The van der Waals surface area contributed by atoms with Crippen LogP contribution in [0.1, 0.15) is 33.1 Å². The molecule has 2 unspecified atom stereocenters. The van der Waals surface area contributed by atoms with Gasteiger partial charge in [0.05, 0.1) is 19.3 Å². The van der Waals surface area contributed by atoms with E-state index in [-0.39, 0.29) is 0 Å². The van der Waals surface area contributed by atoms with Crippen LogP contribution >= 0.6 is 0 Å². The van der Waals surface area contributed by atoms with Crippen molar-refractivity contribution in [1.82, 2.24) is 5.32 Å². The van der Waals surface area contributed by atoms with E-state index in [2.05, 4.69) is 19.2 Å². The van der Waals surface area contributed by atoms with Crippen molar-refractivity contribution in [3.8, 4) is 0 Å². The van der Waals surface area contributed by atoms with Gasteiger partial charge in [0.2, 0.25) is 0 Å². The molecule has 15 heavy (non-hydrogen) atoms. The van der Waals surface area contributed by atoms with Crippen molar-refractivity contribution in [2.75, 3.05) is 32.9 Å². The van der Waals surface area contributed by atoms with Crippen LogP contribution in [0.5, 0.6) is 0 Å². The van der Waals surface area contributed by atoms with Crippen LogP contribution in [0.2, 0.25) is 0 Å². The summed E-state index contributed by atoms with van der Waals surface area (Å²) in [6.45, 7) is 9.03. The average molecular weight is 215 g/mol. The maximum atomic E-state index is 5.93. The van der Waals surface area contributed by atoms with Crippen LogP contribution in [-0.4, -0.2) is 39.0 Å². The van der Waals surface area contributed by atoms with Gasteiger partial charge < -0.3 is 14.8 Å². The molecule has 0 bridgehead atoms. The van der Waals surface area contributed by atoms with Crippen LogP contribution in [0.4, 0.5) is 0 Å². The quantitative estimate of drug-likeness (QED) is 0.670. The first-order chi connectivity index (χ1) is 7.36. The number of hydrogen-bond acceptors (Lipinski definition) is 3. The molecule has 3 heteroatoms. The molecule has 2 atom stereocenters. The minimum absolute atomic E-state index is 0.385. The lowest BCUT2D eigenvalue weighted by Crippen LogP contribution is -2.30. The zero-order chi connectivity index (χ0) is 10.9. The molecule has 1 fully saturated rings. The van der Waals surface area contributed by atoms with Gasteiger partial charge in [0.1, 0.15) is 0 Å². The highest BCUT2D eigenvalue weighted by Crippen LogP contribution is 2.14. The van der Waals surface area contributed by atoms with Gasteiger partial charge in [-0.05, 0) is 19.4 Å². The molecule has 90 valence electrons. The summed E-state index contributed by atoms with van der Waals surface area (Å²) in [5, 5.41) is 3.35. The molecule has 1 rings (SSSR count). The summed E-state index contributed by atoms with van der Waals surface area (Å²) in [7, 11) is 0. The lowest BCUT2D eigenvalue weighted by Gasteiger charge is -2.19. The predicted molar refractivity (Wildman–Crippen MR) is 62.1 cm³/mol. The molecule has 0 saturated carbocycles. The maximum absolute atomic E-state index is 5.93. The Hall–Kier alpha value is -0.120. The first-order valence-corrected chi connectivity index (χ1v) is 6.26. The molecule has 1 heterocycles. The molecule has 0 aliphatic carbocycles. The highest BCUT2D eigenvalue weighted by Gasteiger charge is 2.17. The summed E-state index contributed by atoms with van der Waals surface area (Å²) in [5.41, 5.74) is 0. The fraction of sp³-hybridized carbons (Fsp3) is 1.00. The molecule has 1 saturated heterocycles. The lowest BCUT2D eigenvalue weighted by molar-refractivity contribution is 0.0218. The third-order valence-electron chi connectivity index (χ3n) is 2.82. The summed E-state index contributed by atoms with van der Waals surface area (Å²) in [6.07, 6.45) is 3.90. The SMILES string of the molecule is CCCC(CNCC)OCC1CCOC1. The zero-order valence-electron chi connectivity index (χ0n) is 10.1. The molecule has 1 N–H and O–H groups in total. The molecule has 0 aromatic heterocycles. The fourth-order valence-electron chi connectivity index (χ4n) is 1.86. The van der Waals surface area contributed by atoms with E-state index in [0.29, 0.717) is 12.0 Å². The number of rotatable bonds is 8. The van der Waals surface area contributed by atoms with Gasteiger partial charge in [-0.15, -0.1) is 0 Å². The van der Waals surface area contributed by atoms with Gasteiger partial charge >= 0.3 is 0 Å². The van der Waals surface area contributed by atoms with E-state index in [4.69, 9.17) is 9.47 Å². The van der Waals surface area contributed by atoms with Gasteiger partial charge in [0, 0.05) is 19.1 Å². The van der Waals surface area contributed by atoms with Gasteiger partial charge in [0.25, 0.3) is 0 Å². The molecule has 1 aliphatic heterocycles. The highest BCUT2D eigenvalue weighted by molar-refractivity contribution is 4.66. The molecule has 0 spiro atoms. The van der Waals surface area contributed by atoms with Gasteiger partial charge in [-0.1, -0.05) is 20.3 Å². The van der Waals surface area contributed by atoms with E-state index in [0.717, 1.165) is 39.3 Å². The van der Waals surface area contributed by atoms with Crippen molar-refractivity contribution in [2.24, 2.45) is 5.92 Å². The molecule has 0 amide bonds. The second-order valence-corrected chi connectivity index (χ2v) is 4.28. The molecule has 0 aromatic rings. The summed E-state index contributed by atoms with van der Waals surface area (Å²) < 4.78 is 11.3. The summed E-state index contributed by atoms with van der Waals surface area (Å²) in [4.78, 5) is 0. The average Bonchev–Trinajstić information content (AvgIpc) is 2.75. The lowest BCUT2D eigenvalue weighted by atomic mass is 10.1. The Morgan fingerprint density at radius 1 is 1.47 bits per heavy atom. The monoisotopic (exact) mass is 215 g/mol. The van der Waals surface area contributed by atoms with Gasteiger partial charge in [-0.25, -0.2) is 0 Å².